The van der Waals surface area contributed by atoms with E-state index in [4.69, 9.17) is 26.2 Å². The van der Waals surface area contributed by atoms with Crippen LogP contribution in [0.4, 0.5) is 0 Å². The molecule has 0 unspecified atom stereocenters. The molecule has 1 aromatic carbocycles. The largest absolute Gasteiger partial charge is 0.476 e. The van der Waals surface area contributed by atoms with Crippen molar-refractivity contribution in [2.75, 3.05) is 6.79 Å². The molecule has 104 valence electrons. The Bertz CT molecular complexity index is 698. The molecule has 1 aliphatic heterocycles. The van der Waals surface area contributed by atoms with Gasteiger partial charge in [0.05, 0.1) is 17.3 Å². The number of rotatable bonds is 3. The first-order valence-corrected chi connectivity index (χ1v) is 6.15. The molecule has 0 fully saturated rings. The van der Waals surface area contributed by atoms with Crippen molar-refractivity contribution in [1.82, 2.24) is 15.0 Å². The Morgan fingerprint density at radius 2 is 2.30 bits per heavy atom. The third-order valence-corrected chi connectivity index (χ3v) is 3.29. The second-order valence-electron chi connectivity index (χ2n) is 4.30. The van der Waals surface area contributed by atoms with E-state index in [1.807, 2.05) is 0 Å². The van der Waals surface area contributed by atoms with Crippen molar-refractivity contribution in [2.45, 2.75) is 13.5 Å². The van der Waals surface area contributed by atoms with Crippen LogP contribution in [0.3, 0.4) is 0 Å². The van der Waals surface area contributed by atoms with Gasteiger partial charge in [-0.15, -0.1) is 5.10 Å². The molecule has 0 aliphatic carbocycles. The number of hydrogen-bond acceptors (Lipinski definition) is 5. The molecule has 0 spiro atoms. The number of halogens is 1. The van der Waals surface area contributed by atoms with Crippen molar-refractivity contribution in [3.05, 3.63) is 34.1 Å². The highest BCUT2D eigenvalue weighted by Gasteiger charge is 2.20. The number of hydrogen-bond donors (Lipinski definition) is 1. The van der Waals surface area contributed by atoms with E-state index in [1.165, 1.54) is 4.68 Å². The summed E-state index contributed by atoms with van der Waals surface area (Å²) in [5.41, 5.74) is 1.24. The van der Waals surface area contributed by atoms with E-state index >= 15 is 0 Å². The molecule has 2 aromatic rings. The molecule has 0 bridgehead atoms. The van der Waals surface area contributed by atoms with Gasteiger partial charge in [0, 0.05) is 0 Å². The molecule has 0 atom stereocenters. The quantitative estimate of drug-likeness (QED) is 0.927. The summed E-state index contributed by atoms with van der Waals surface area (Å²) in [7, 11) is 0. The summed E-state index contributed by atoms with van der Waals surface area (Å²) in [5.74, 6) is -0.00171. The molecule has 7 nitrogen and oxygen atoms in total. The standard InChI is InChI=1S/C12H10ClN3O4/c1-6-10(12(17)18)14-15-16(6)4-7-2-8(13)11-9(3-7)19-5-20-11/h2-3H,4-5H2,1H3,(H,17,18). The Balaban J connectivity index is 1.92. The number of carboxylic acid groups (broad SMARTS) is 1. The molecule has 2 heterocycles. The molecule has 20 heavy (non-hydrogen) atoms. The summed E-state index contributed by atoms with van der Waals surface area (Å²) in [6.45, 7) is 2.14. The van der Waals surface area contributed by atoms with Crippen LogP contribution < -0.4 is 9.47 Å². The van der Waals surface area contributed by atoms with Crippen LogP contribution in [0.2, 0.25) is 5.02 Å². The van der Waals surface area contributed by atoms with Gasteiger partial charge in [-0.3, -0.25) is 0 Å². The molecule has 8 heteroatoms. The predicted octanol–water partition coefficient (Wildman–Crippen LogP) is 1.72. The molecule has 3 rings (SSSR count). The van der Waals surface area contributed by atoms with Crippen molar-refractivity contribution in [1.29, 1.82) is 0 Å². The van der Waals surface area contributed by atoms with E-state index in [-0.39, 0.29) is 12.5 Å². The van der Waals surface area contributed by atoms with Crippen molar-refractivity contribution in [3.63, 3.8) is 0 Å². The van der Waals surface area contributed by atoms with Crippen molar-refractivity contribution in [2.24, 2.45) is 0 Å². The van der Waals surface area contributed by atoms with Gasteiger partial charge in [0.2, 0.25) is 6.79 Å². The number of aromatic nitrogens is 3. The Morgan fingerprint density at radius 3 is 3.00 bits per heavy atom. The SMILES string of the molecule is Cc1c(C(=O)O)nnn1Cc1cc(Cl)c2c(c1)OCO2. The number of aromatic carboxylic acids is 1. The first kappa shape index (κ1) is 12.7. The third kappa shape index (κ3) is 2.05. The molecule has 0 saturated carbocycles. The van der Waals surface area contributed by atoms with Gasteiger partial charge in [0.15, 0.2) is 17.2 Å². The van der Waals surface area contributed by atoms with E-state index in [1.54, 1.807) is 19.1 Å². The van der Waals surface area contributed by atoms with Crippen LogP contribution in [0.5, 0.6) is 11.5 Å². The normalized spacial score (nSPS) is 12.7. The fourth-order valence-electron chi connectivity index (χ4n) is 1.99. The molecule has 1 aliphatic rings. The van der Waals surface area contributed by atoms with E-state index in [0.717, 1.165) is 5.56 Å². The highest BCUT2D eigenvalue weighted by Crippen LogP contribution is 2.39. The second kappa shape index (κ2) is 4.68. The first-order chi connectivity index (χ1) is 9.56. The molecule has 0 saturated heterocycles. The van der Waals surface area contributed by atoms with Gasteiger partial charge in [-0.1, -0.05) is 16.8 Å². The number of nitrogens with zero attached hydrogens (tertiary/aromatic N) is 3. The maximum atomic E-state index is 10.9. The minimum absolute atomic E-state index is 0.0585. The maximum absolute atomic E-state index is 10.9. The van der Waals surface area contributed by atoms with Gasteiger partial charge in [0.1, 0.15) is 0 Å². The van der Waals surface area contributed by atoms with Crippen molar-refractivity contribution >= 4 is 17.6 Å². The van der Waals surface area contributed by atoms with Gasteiger partial charge >= 0.3 is 5.97 Å². The third-order valence-electron chi connectivity index (χ3n) is 3.00. The van der Waals surface area contributed by atoms with E-state index in [2.05, 4.69) is 10.3 Å². The van der Waals surface area contributed by atoms with Crippen LogP contribution in [0.25, 0.3) is 0 Å². The highest BCUT2D eigenvalue weighted by atomic mass is 35.5. The lowest BCUT2D eigenvalue weighted by Crippen LogP contribution is -2.06. The number of carboxylic acids is 1. The van der Waals surface area contributed by atoms with Gasteiger partial charge < -0.3 is 14.6 Å². The Kier molecular flexibility index (Phi) is 2.98. The average molecular weight is 296 g/mol. The molecule has 0 amide bonds. The fourth-order valence-corrected chi connectivity index (χ4v) is 2.28. The van der Waals surface area contributed by atoms with Crippen LogP contribution in [-0.4, -0.2) is 32.9 Å². The van der Waals surface area contributed by atoms with Gasteiger partial charge in [-0.05, 0) is 24.6 Å². The summed E-state index contributed by atoms with van der Waals surface area (Å²) in [6, 6.07) is 3.52. The fraction of sp³-hybridized carbons (Fsp3) is 0.250. The summed E-state index contributed by atoms with van der Waals surface area (Å²) >= 11 is 6.09. The lowest BCUT2D eigenvalue weighted by Gasteiger charge is -2.06. The summed E-state index contributed by atoms with van der Waals surface area (Å²) in [6.07, 6.45) is 0. The minimum atomic E-state index is -1.10. The second-order valence-corrected chi connectivity index (χ2v) is 4.70. The Hall–Kier alpha value is -2.28. The minimum Gasteiger partial charge on any atom is -0.476 e. The van der Waals surface area contributed by atoms with E-state index < -0.39 is 5.97 Å². The highest BCUT2D eigenvalue weighted by molar-refractivity contribution is 6.32. The Labute approximate surface area is 118 Å². The van der Waals surface area contributed by atoms with Crippen molar-refractivity contribution in [3.8, 4) is 11.5 Å². The predicted molar refractivity (Wildman–Crippen MR) is 68.4 cm³/mol. The zero-order chi connectivity index (χ0) is 14.3. The lowest BCUT2D eigenvalue weighted by molar-refractivity contribution is 0.0689. The van der Waals surface area contributed by atoms with Gasteiger partial charge in [0.25, 0.3) is 0 Å². The zero-order valence-electron chi connectivity index (χ0n) is 10.5. The Morgan fingerprint density at radius 1 is 1.50 bits per heavy atom. The van der Waals surface area contributed by atoms with Crippen LogP contribution in [0, 0.1) is 6.92 Å². The van der Waals surface area contributed by atoms with Crippen LogP contribution in [0.15, 0.2) is 12.1 Å². The smallest absolute Gasteiger partial charge is 0.358 e. The molecule has 0 radical (unpaired) electrons. The molecule has 1 aromatic heterocycles. The molecular formula is C12H10ClN3O4. The summed E-state index contributed by atoms with van der Waals surface area (Å²) in [4.78, 5) is 10.9. The summed E-state index contributed by atoms with van der Waals surface area (Å²) < 4.78 is 12.0. The van der Waals surface area contributed by atoms with Crippen molar-refractivity contribution < 1.29 is 19.4 Å². The average Bonchev–Trinajstić information content (AvgIpc) is 2.97. The van der Waals surface area contributed by atoms with E-state index in [0.29, 0.717) is 28.8 Å². The molecule has 1 N–H and O–H groups in total. The number of benzene rings is 1. The topological polar surface area (TPSA) is 86.5 Å². The maximum Gasteiger partial charge on any atom is 0.358 e. The lowest BCUT2D eigenvalue weighted by atomic mass is 10.2. The van der Waals surface area contributed by atoms with E-state index in [9.17, 15) is 4.79 Å². The zero-order valence-corrected chi connectivity index (χ0v) is 11.2. The number of fused-ring (bicyclic) bond motifs is 1. The van der Waals surface area contributed by atoms with Crippen LogP contribution in [0.1, 0.15) is 21.7 Å². The van der Waals surface area contributed by atoms with Gasteiger partial charge in [-0.25, -0.2) is 9.48 Å². The number of carbonyl (C=O) groups is 1. The summed E-state index contributed by atoms with van der Waals surface area (Å²) in [5, 5.41) is 16.8. The van der Waals surface area contributed by atoms with Crippen LogP contribution >= 0.6 is 11.6 Å². The number of ether oxygens (including phenoxy) is 2. The van der Waals surface area contributed by atoms with Crippen LogP contribution in [-0.2, 0) is 6.54 Å². The first-order valence-electron chi connectivity index (χ1n) is 5.77. The molecular weight excluding hydrogens is 286 g/mol. The van der Waals surface area contributed by atoms with Gasteiger partial charge in [-0.2, -0.15) is 0 Å². The monoisotopic (exact) mass is 295 g/mol.